The van der Waals surface area contributed by atoms with E-state index >= 15 is 0 Å². The summed E-state index contributed by atoms with van der Waals surface area (Å²) >= 11 is 0. The second kappa shape index (κ2) is 7.21. The molecule has 2 heterocycles. The second-order valence-corrected chi connectivity index (χ2v) is 6.60. The van der Waals surface area contributed by atoms with Gasteiger partial charge < -0.3 is 20.1 Å². The van der Waals surface area contributed by atoms with Gasteiger partial charge in [0.25, 0.3) is 0 Å². The van der Waals surface area contributed by atoms with Crippen molar-refractivity contribution in [3.63, 3.8) is 0 Å². The third-order valence-corrected chi connectivity index (χ3v) is 4.38. The highest BCUT2D eigenvalue weighted by Crippen LogP contribution is 2.34. The first-order valence-corrected chi connectivity index (χ1v) is 8.52. The molecule has 2 aliphatic rings. The topological polar surface area (TPSA) is 54.9 Å². The van der Waals surface area contributed by atoms with Gasteiger partial charge in [-0.2, -0.15) is 0 Å². The Bertz CT molecular complexity index is 559. The number of rotatable bonds is 5. The van der Waals surface area contributed by atoms with Gasteiger partial charge in [0.05, 0.1) is 24.4 Å². The number of nitrogens with one attached hydrogen (secondary N) is 2. The summed E-state index contributed by atoms with van der Waals surface area (Å²) in [6.45, 7) is 4.79. The lowest BCUT2D eigenvalue weighted by Gasteiger charge is -2.22. The van der Waals surface area contributed by atoms with Gasteiger partial charge in [0, 0.05) is 13.6 Å². The van der Waals surface area contributed by atoms with Crippen molar-refractivity contribution in [2.45, 2.75) is 64.0 Å². The number of benzene rings is 1. The highest BCUT2D eigenvalue weighted by Gasteiger charge is 2.41. The number of ether oxygens (including phenoxy) is 2. The van der Waals surface area contributed by atoms with E-state index in [9.17, 15) is 0 Å². The minimum absolute atomic E-state index is 0.186. The van der Waals surface area contributed by atoms with Crippen LogP contribution < -0.4 is 15.4 Å². The smallest absolute Gasteiger partial charge is 0.191 e. The maximum Gasteiger partial charge on any atom is 0.191 e. The van der Waals surface area contributed by atoms with Crippen LogP contribution in [0.25, 0.3) is 0 Å². The standard InChI is InChI=1S/C18H27N3O2/c1-12(2)22-14-6-4-5-13(9-14)11-20-18(19-3)21-16-10-15-7-8-17(16)23-15/h4-6,9,12,15-17H,7-8,10-11H2,1-3H3,(H2,19,20,21). The van der Waals surface area contributed by atoms with Gasteiger partial charge in [0.15, 0.2) is 5.96 Å². The summed E-state index contributed by atoms with van der Waals surface area (Å²) in [6.07, 6.45) is 4.43. The zero-order valence-electron chi connectivity index (χ0n) is 14.2. The van der Waals surface area contributed by atoms with E-state index in [1.54, 1.807) is 0 Å². The molecule has 1 aromatic carbocycles. The predicted octanol–water partition coefficient (Wildman–Crippen LogP) is 2.46. The SMILES string of the molecule is CN=C(NCc1cccc(OC(C)C)c1)NC1CC2CCC1O2. The Hall–Kier alpha value is -1.75. The third-order valence-electron chi connectivity index (χ3n) is 4.38. The Morgan fingerprint density at radius 1 is 1.39 bits per heavy atom. The molecule has 0 aromatic heterocycles. The van der Waals surface area contributed by atoms with Crippen LogP contribution in [0.5, 0.6) is 5.75 Å². The summed E-state index contributed by atoms with van der Waals surface area (Å²) in [6, 6.07) is 8.56. The van der Waals surface area contributed by atoms with Crippen molar-refractivity contribution in [3.05, 3.63) is 29.8 Å². The molecule has 2 aliphatic heterocycles. The molecule has 3 unspecified atom stereocenters. The molecule has 3 rings (SSSR count). The molecule has 2 bridgehead atoms. The van der Waals surface area contributed by atoms with E-state index < -0.39 is 0 Å². The van der Waals surface area contributed by atoms with Crippen molar-refractivity contribution >= 4 is 5.96 Å². The average molecular weight is 317 g/mol. The van der Waals surface area contributed by atoms with Gasteiger partial charge in [0.2, 0.25) is 0 Å². The van der Waals surface area contributed by atoms with Crippen molar-refractivity contribution in [3.8, 4) is 5.75 Å². The fourth-order valence-electron chi connectivity index (χ4n) is 3.35. The maximum atomic E-state index is 5.88. The largest absolute Gasteiger partial charge is 0.491 e. The molecule has 2 saturated heterocycles. The van der Waals surface area contributed by atoms with Crippen LogP contribution >= 0.6 is 0 Å². The fourth-order valence-corrected chi connectivity index (χ4v) is 3.35. The lowest BCUT2D eigenvalue weighted by molar-refractivity contribution is 0.0992. The van der Waals surface area contributed by atoms with Crippen LogP contribution in [0.3, 0.4) is 0 Å². The predicted molar refractivity (Wildman–Crippen MR) is 91.8 cm³/mol. The van der Waals surface area contributed by atoms with Gasteiger partial charge in [-0.3, -0.25) is 4.99 Å². The molecule has 23 heavy (non-hydrogen) atoms. The van der Waals surface area contributed by atoms with Crippen LogP contribution in [0.2, 0.25) is 0 Å². The highest BCUT2D eigenvalue weighted by molar-refractivity contribution is 5.80. The zero-order chi connectivity index (χ0) is 16.2. The molecular weight excluding hydrogens is 290 g/mol. The number of guanidine groups is 1. The quantitative estimate of drug-likeness (QED) is 0.647. The van der Waals surface area contributed by atoms with Gasteiger partial charge in [-0.25, -0.2) is 0 Å². The summed E-state index contributed by atoms with van der Waals surface area (Å²) in [5, 5.41) is 6.88. The monoisotopic (exact) mass is 317 g/mol. The summed E-state index contributed by atoms with van der Waals surface area (Å²) in [4.78, 5) is 4.33. The maximum absolute atomic E-state index is 5.88. The normalized spacial score (nSPS) is 26.6. The number of fused-ring (bicyclic) bond motifs is 2. The Morgan fingerprint density at radius 3 is 2.91 bits per heavy atom. The van der Waals surface area contributed by atoms with Crippen molar-refractivity contribution in [2.24, 2.45) is 4.99 Å². The van der Waals surface area contributed by atoms with Crippen molar-refractivity contribution in [1.29, 1.82) is 0 Å². The van der Waals surface area contributed by atoms with Crippen molar-refractivity contribution < 1.29 is 9.47 Å². The lowest BCUT2D eigenvalue weighted by atomic mass is 9.96. The first-order chi connectivity index (χ1) is 11.1. The molecule has 2 N–H and O–H groups in total. The Labute approximate surface area is 138 Å². The number of nitrogens with zero attached hydrogens (tertiary/aromatic N) is 1. The Kier molecular flexibility index (Phi) is 5.06. The molecule has 0 spiro atoms. The van der Waals surface area contributed by atoms with Crippen LogP contribution in [-0.4, -0.2) is 37.4 Å². The number of aliphatic imine (C=N–C) groups is 1. The first-order valence-electron chi connectivity index (χ1n) is 8.52. The number of hydrogen-bond donors (Lipinski definition) is 2. The molecule has 5 nitrogen and oxygen atoms in total. The first kappa shape index (κ1) is 16.1. The molecule has 0 radical (unpaired) electrons. The van der Waals surface area contributed by atoms with Gasteiger partial charge >= 0.3 is 0 Å². The second-order valence-electron chi connectivity index (χ2n) is 6.60. The van der Waals surface area contributed by atoms with E-state index in [1.807, 2.05) is 33.0 Å². The summed E-state index contributed by atoms with van der Waals surface area (Å²) in [7, 11) is 1.81. The van der Waals surface area contributed by atoms with Gasteiger partial charge in [-0.1, -0.05) is 12.1 Å². The van der Waals surface area contributed by atoms with E-state index in [0.717, 1.165) is 31.1 Å². The van der Waals surface area contributed by atoms with E-state index in [1.165, 1.54) is 12.0 Å². The summed E-state index contributed by atoms with van der Waals surface area (Å²) in [5.41, 5.74) is 1.18. The van der Waals surface area contributed by atoms with Crippen LogP contribution in [0.4, 0.5) is 0 Å². The fraction of sp³-hybridized carbons (Fsp3) is 0.611. The van der Waals surface area contributed by atoms with Gasteiger partial charge in [0.1, 0.15) is 5.75 Å². The van der Waals surface area contributed by atoms with Crippen LogP contribution in [0, 0.1) is 0 Å². The highest BCUT2D eigenvalue weighted by atomic mass is 16.5. The summed E-state index contributed by atoms with van der Waals surface area (Å²) < 4.78 is 11.6. The lowest BCUT2D eigenvalue weighted by Crippen LogP contribution is -2.47. The third kappa shape index (κ3) is 4.16. The molecule has 2 fully saturated rings. The average Bonchev–Trinajstić information content (AvgIpc) is 3.13. The molecule has 5 heteroatoms. The van der Waals surface area contributed by atoms with E-state index in [-0.39, 0.29) is 6.10 Å². The van der Waals surface area contributed by atoms with E-state index in [4.69, 9.17) is 9.47 Å². The van der Waals surface area contributed by atoms with Crippen molar-refractivity contribution in [2.75, 3.05) is 7.05 Å². The van der Waals surface area contributed by atoms with Gasteiger partial charge in [-0.05, 0) is 50.8 Å². The molecular formula is C18H27N3O2. The molecule has 126 valence electrons. The van der Waals surface area contributed by atoms with Crippen LogP contribution in [-0.2, 0) is 11.3 Å². The van der Waals surface area contributed by atoms with Gasteiger partial charge in [-0.15, -0.1) is 0 Å². The molecule has 0 amide bonds. The minimum atomic E-state index is 0.186. The Morgan fingerprint density at radius 2 is 2.26 bits per heavy atom. The minimum Gasteiger partial charge on any atom is -0.491 e. The van der Waals surface area contributed by atoms with Crippen LogP contribution in [0.1, 0.15) is 38.7 Å². The van der Waals surface area contributed by atoms with E-state index in [0.29, 0.717) is 18.2 Å². The van der Waals surface area contributed by atoms with Crippen LogP contribution in [0.15, 0.2) is 29.3 Å². The van der Waals surface area contributed by atoms with Crippen molar-refractivity contribution in [1.82, 2.24) is 10.6 Å². The number of hydrogen-bond acceptors (Lipinski definition) is 3. The zero-order valence-corrected chi connectivity index (χ0v) is 14.2. The molecule has 0 saturated carbocycles. The molecule has 1 aromatic rings. The summed E-state index contributed by atoms with van der Waals surface area (Å²) in [5.74, 6) is 1.74. The Balaban J connectivity index is 1.52. The molecule has 0 aliphatic carbocycles. The van der Waals surface area contributed by atoms with E-state index in [2.05, 4.69) is 27.8 Å². The molecule has 3 atom stereocenters.